The van der Waals surface area contributed by atoms with E-state index < -0.39 is 0 Å². The Labute approximate surface area is 110 Å². The summed E-state index contributed by atoms with van der Waals surface area (Å²) in [6.45, 7) is 4.34. The molecule has 0 aromatic heterocycles. The lowest BCUT2D eigenvalue weighted by molar-refractivity contribution is -0.123. The van der Waals surface area contributed by atoms with Crippen LogP contribution in [0, 0.1) is 23.7 Å². The first-order chi connectivity index (χ1) is 8.72. The van der Waals surface area contributed by atoms with Gasteiger partial charge in [-0.25, -0.2) is 0 Å². The monoisotopic (exact) mass is 250 g/mol. The zero-order valence-electron chi connectivity index (χ0n) is 11.5. The Morgan fingerprint density at radius 3 is 2.83 bits per heavy atom. The quantitative estimate of drug-likeness (QED) is 0.800. The normalized spacial score (nSPS) is 40.1. The van der Waals surface area contributed by atoms with Gasteiger partial charge in [-0.15, -0.1) is 0 Å². The van der Waals surface area contributed by atoms with Gasteiger partial charge in [0.15, 0.2) is 0 Å². The molecule has 18 heavy (non-hydrogen) atoms. The van der Waals surface area contributed by atoms with E-state index in [-0.39, 0.29) is 0 Å². The number of fused-ring (bicyclic) bond motifs is 2. The van der Waals surface area contributed by atoms with E-state index in [1.807, 2.05) is 0 Å². The van der Waals surface area contributed by atoms with Crippen LogP contribution in [-0.4, -0.2) is 25.0 Å². The zero-order chi connectivity index (χ0) is 12.5. The summed E-state index contributed by atoms with van der Waals surface area (Å²) in [5.41, 5.74) is 0. The second kappa shape index (κ2) is 5.20. The van der Waals surface area contributed by atoms with E-state index in [0.717, 1.165) is 31.3 Å². The summed E-state index contributed by atoms with van der Waals surface area (Å²) in [5.74, 6) is 3.44. The number of amides is 1. The first-order valence-corrected chi connectivity index (χ1v) is 7.72. The Morgan fingerprint density at radius 2 is 2.22 bits per heavy atom. The largest absolute Gasteiger partial charge is 0.353 e. The summed E-state index contributed by atoms with van der Waals surface area (Å²) in [7, 11) is 0. The molecule has 2 N–H and O–H groups in total. The maximum Gasteiger partial charge on any atom is 0.220 e. The van der Waals surface area contributed by atoms with Crippen molar-refractivity contribution in [1.29, 1.82) is 0 Å². The van der Waals surface area contributed by atoms with Gasteiger partial charge in [-0.3, -0.25) is 4.79 Å². The molecule has 5 unspecified atom stereocenters. The Hall–Kier alpha value is -0.570. The molecule has 5 atom stereocenters. The Balaban J connectivity index is 1.44. The highest BCUT2D eigenvalue weighted by Crippen LogP contribution is 2.49. The van der Waals surface area contributed by atoms with Gasteiger partial charge in [0.1, 0.15) is 0 Å². The average molecular weight is 250 g/mol. The summed E-state index contributed by atoms with van der Waals surface area (Å²) in [4.78, 5) is 12.1. The zero-order valence-corrected chi connectivity index (χ0v) is 11.5. The Morgan fingerprint density at radius 1 is 1.33 bits per heavy atom. The summed E-state index contributed by atoms with van der Waals surface area (Å²) < 4.78 is 0. The fraction of sp³-hybridized carbons (Fsp3) is 0.933. The number of carbonyl (C=O) groups is 1. The molecule has 1 saturated heterocycles. The molecule has 2 bridgehead atoms. The summed E-state index contributed by atoms with van der Waals surface area (Å²) in [5, 5.41) is 6.60. The van der Waals surface area contributed by atoms with Gasteiger partial charge in [0.05, 0.1) is 0 Å². The van der Waals surface area contributed by atoms with Crippen LogP contribution in [0.25, 0.3) is 0 Å². The molecule has 0 spiro atoms. The molecular formula is C15H26N2O. The van der Waals surface area contributed by atoms with Crippen LogP contribution in [0.3, 0.4) is 0 Å². The topological polar surface area (TPSA) is 41.1 Å². The highest BCUT2D eigenvalue weighted by molar-refractivity contribution is 5.76. The van der Waals surface area contributed by atoms with Crippen LogP contribution in [0.4, 0.5) is 0 Å². The van der Waals surface area contributed by atoms with E-state index in [2.05, 4.69) is 17.6 Å². The van der Waals surface area contributed by atoms with Gasteiger partial charge in [0.2, 0.25) is 5.91 Å². The third kappa shape index (κ3) is 2.56. The van der Waals surface area contributed by atoms with Gasteiger partial charge in [-0.05, 0) is 69.4 Å². The Bertz CT molecular complexity index is 312. The van der Waals surface area contributed by atoms with Crippen LogP contribution >= 0.6 is 0 Å². The summed E-state index contributed by atoms with van der Waals surface area (Å²) >= 11 is 0. The molecule has 0 radical (unpaired) electrons. The summed E-state index contributed by atoms with van der Waals surface area (Å²) in [6.07, 6.45) is 7.51. The minimum atomic E-state index is 0.298. The fourth-order valence-corrected chi connectivity index (χ4v) is 4.40. The number of rotatable bonds is 4. The molecule has 1 heterocycles. The van der Waals surface area contributed by atoms with Crippen molar-refractivity contribution < 1.29 is 4.79 Å². The van der Waals surface area contributed by atoms with Crippen molar-refractivity contribution in [1.82, 2.24) is 10.6 Å². The van der Waals surface area contributed by atoms with Gasteiger partial charge in [0.25, 0.3) is 0 Å². The van der Waals surface area contributed by atoms with Crippen molar-refractivity contribution in [3.05, 3.63) is 0 Å². The van der Waals surface area contributed by atoms with Crippen molar-refractivity contribution in [2.24, 2.45) is 23.7 Å². The first-order valence-electron chi connectivity index (χ1n) is 7.72. The molecule has 1 aliphatic heterocycles. The van der Waals surface area contributed by atoms with Gasteiger partial charge < -0.3 is 10.6 Å². The van der Waals surface area contributed by atoms with Crippen molar-refractivity contribution >= 4 is 5.91 Å². The molecule has 3 fully saturated rings. The van der Waals surface area contributed by atoms with Gasteiger partial charge in [-0.2, -0.15) is 0 Å². The SMILES string of the molecule is CC(NC(=O)CC1CC2CCC1C2)C1CCNC1. The molecule has 2 saturated carbocycles. The third-order valence-electron chi connectivity index (χ3n) is 5.53. The van der Waals surface area contributed by atoms with E-state index in [1.54, 1.807) is 0 Å². The van der Waals surface area contributed by atoms with Crippen molar-refractivity contribution in [2.75, 3.05) is 13.1 Å². The van der Waals surface area contributed by atoms with Crippen LogP contribution in [0.1, 0.15) is 45.4 Å². The second-order valence-electron chi connectivity index (χ2n) is 6.75. The van der Waals surface area contributed by atoms with Crippen molar-refractivity contribution in [3.8, 4) is 0 Å². The molecule has 102 valence electrons. The Kier molecular flexibility index (Phi) is 3.60. The highest BCUT2D eigenvalue weighted by Gasteiger charge is 2.40. The summed E-state index contributed by atoms with van der Waals surface area (Å²) in [6, 6.07) is 0.339. The lowest BCUT2D eigenvalue weighted by Gasteiger charge is -2.24. The predicted molar refractivity (Wildman–Crippen MR) is 72.1 cm³/mol. The van der Waals surface area contributed by atoms with Crippen LogP contribution in [0.2, 0.25) is 0 Å². The van der Waals surface area contributed by atoms with E-state index in [0.29, 0.717) is 23.8 Å². The van der Waals surface area contributed by atoms with Crippen LogP contribution in [0.15, 0.2) is 0 Å². The van der Waals surface area contributed by atoms with Gasteiger partial charge in [0, 0.05) is 12.5 Å². The third-order valence-corrected chi connectivity index (χ3v) is 5.53. The lowest BCUT2D eigenvalue weighted by atomic mass is 9.86. The smallest absolute Gasteiger partial charge is 0.220 e. The van der Waals surface area contributed by atoms with E-state index in [4.69, 9.17) is 0 Å². The average Bonchev–Trinajstić information content (AvgIpc) is 3.06. The van der Waals surface area contributed by atoms with Crippen molar-refractivity contribution in [2.45, 2.75) is 51.5 Å². The number of hydrogen-bond donors (Lipinski definition) is 2. The molecule has 1 amide bonds. The van der Waals surface area contributed by atoms with E-state index in [1.165, 1.54) is 32.1 Å². The molecule has 0 aromatic rings. The van der Waals surface area contributed by atoms with Crippen molar-refractivity contribution in [3.63, 3.8) is 0 Å². The van der Waals surface area contributed by atoms with Gasteiger partial charge >= 0.3 is 0 Å². The molecule has 3 heteroatoms. The van der Waals surface area contributed by atoms with Crippen LogP contribution in [-0.2, 0) is 4.79 Å². The van der Waals surface area contributed by atoms with Crippen LogP contribution in [0.5, 0.6) is 0 Å². The molecule has 2 aliphatic carbocycles. The lowest BCUT2D eigenvalue weighted by Crippen LogP contribution is -2.39. The van der Waals surface area contributed by atoms with E-state index in [9.17, 15) is 4.79 Å². The maximum atomic E-state index is 12.1. The molecular weight excluding hydrogens is 224 g/mol. The minimum Gasteiger partial charge on any atom is -0.353 e. The van der Waals surface area contributed by atoms with Crippen LogP contribution < -0.4 is 10.6 Å². The highest BCUT2D eigenvalue weighted by atomic mass is 16.1. The first kappa shape index (κ1) is 12.5. The fourth-order valence-electron chi connectivity index (χ4n) is 4.40. The number of carbonyl (C=O) groups excluding carboxylic acids is 1. The number of hydrogen-bond acceptors (Lipinski definition) is 2. The minimum absolute atomic E-state index is 0.298. The second-order valence-corrected chi connectivity index (χ2v) is 6.75. The number of nitrogens with one attached hydrogen (secondary N) is 2. The van der Waals surface area contributed by atoms with Gasteiger partial charge in [-0.1, -0.05) is 6.42 Å². The molecule has 3 rings (SSSR count). The van der Waals surface area contributed by atoms with E-state index >= 15 is 0 Å². The maximum absolute atomic E-state index is 12.1. The predicted octanol–water partition coefficient (Wildman–Crippen LogP) is 1.93. The molecule has 0 aromatic carbocycles. The standard InChI is InChI=1S/C15H26N2O/c1-10(13-4-5-16-9-13)17-15(18)8-14-7-11-2-3-12(14)6-11/h10-14,16H,2-9H2,1H3,(H,17,18). The molecule has 3 aliphatic rings. The molecule has 3 nitrogen and oxygen atoms in total.